The molecule has 0 bridgehead atoms. The van der Waals surface area contributed by atoms with Crippen molar-refractivity contribution in [3.05, 3.63) is 16.5 Å². The summed E-state index contributed by atoms with van der Waals surface area (Å²) >= 11 is 7.03. The van der Waals surface area contributed by atoms with Gasteiger partial charge in [0.25, 0.3) is 10.0 Å². The first-order valence-corrected chi connectivity index (χ1v) is 10.9. The van der Waals surface area contributed by atoms with Crippen molar-refractivity contribution in [3.63, 3.8) is 0 Å². The summed E-state index contributed by atoms with van der Waals surface area (Å²) in [4.78, 5) is 2.43. The Kier molecular flexibility index (Phi) is 7.80. The molecule has 2 aliphatic rings. The molecule has 1 atom stereocenters. The first-order chi connectivity index (χ1) is 11.1. The van der Waals surface area contributed by atoms with Crippen LogP contribution < -0.4 is 5.32 Å². The molecule has 2 aliphatic heterocycles. The van der Waals surface area contributed by atoms with E-state index in [1.54, 1.807) is 16.4 Å². The Balaban J connectivity index is 0.00000208. The van der Waals surface area contributed by atoms with Crippen molar-refractivity contribution in [1.29, 1.82) is 0 Å². The number of rotatable bonds is 4. The van der Waals surface area contributed by atoms with E-state index >= 15 is 0 Å². The lowest BCUT2D eigenvalue weighted by Crippen LogP contribution is -2.40. The van der Waals surface area contributed by atoms with Gasteiger partial charge in [-0.2, -0.15) is 4.31 Å². The van der Waals surface area contributed by atoms with E-state index in [0.29, 0.717) is 27.6 Å². The van der Waals surface area contributed by atoms with Gasteiger partial charge in [-0.25, -0.2) is 8.42 Å². The highest BCUT2D eigenvalue weighted by Crippen LogP contribution is 2.28. The first-order valence-electron chi connectivity index (χ1n) is 8.24. The van der Waals surface area contributed by atoms with Crippen LogP contribution in [0.5, 0.6) is 0 Å². The third kappa shape index (κ3) is 5.06. The Labute approximate surface area is 159 Å². The summed E-state index contributed by atoms with van der Waals surface area (Å²) in [5, 5.41) is 3.45. The van der Waals surface area contributed by atoms with Crippen LogP contribution in [0, 0.1) is 5.92 Å². The second-order valence-electron chi connectivity index (χ2n) is 6.33. The Morgan fingerprint density at radius 1 is 1.21 bits per heavy atom. The third-order valence-corrected chi connectivity index (χ3v) is 8.20. The number of sulfonamides is 1. The fraction of sp³-hybridized carbons (Fsp3) is 0.733. The zero-order valence-electron chi connectivity index (χ0n) is 13.6. The second-order valence-corrected chi connectivity index (χ2v) is 10.2. The van der Waals surface area contributed by atoms with Crippen LogP contribution in [0.2, 0.25) is 4.34 Å². The van der Waals surface area contributed by atoms with Crippen LogP contribution in [0.4, 0.5) is 0 Å². The Morgan fingerprint density at radius 2 is 2.04 bits per heavy atom. The van der Waals surface area contributed by atoms with Crippen molar-refractivity contribution in [2.24, 2.45) is 5.92 Å². The number of piperidine rings is 1. The molecule has 9 heteroatoms. The fourth-order valence-electron chi connectivity index (χ4n) is 3.38. The van der Waals surface area contributed by atoms with Gasteiger partial charge < -0.3 is 10.2 Å². The van der Waals surface area contributed by atoms with Crippen molar-refractivity contribution in [2.45, 2.75) is 23.5 Å². The highest BCUT2D eigenvalue weighted by molar-refractivity contribution is 7.91. The molecule has 0 spiro atoms. The molecule has 1 unspecified atom stereocenters. The van der Waals surface area contributed by atoms with E-state index in [-0.39, 0.29) is 12.4 Å². The van der Waals surface area contributed by atoms with Crippen LogP contribution in [0.1, 0.15) is 19.3 Å². The van der Waals surface area contributed by atoms with Crippen molar-refractivity contribution in [1.82, 2.24) is 14.5 Å². The van der Waals surface area contributed by atoms with Crippen molar-refractivity contribution in [3.8, 4) is 0 Å². The molecule has 2 saturated heterocycles. The topological polar surface area (TPSA) is 52.7 Å². The summed E-state index contributed by atoms with van der Waals surface area (Å²) in [7, 11) is -3.39. The van der Waals surface area contributed by atoms with Gasteiger partial charge in [0, 0.05) is 26.2 Å². The first kappa shape index (κ1) is 20.4. The van der Waals surface area contributed by atoms with Gasteiger partial charge in [-0.3, -0.25) is 0 Å². The Hall–Kier alpha value is 0.110. The summed E-state index contributed by atoms with van der Waals surface area (Å²) < 4.78 is 27.9. The average Bonchev–Trinajstić information content (AvgIpc) is 2.84. The predicted octanol–water partition coefficient (Wildman–Crippen LogP) is 2.52. The summed E-state index contributed by atoms with van der Waals surface area (Å²) in [6.07, 6.45) is 3.41. The number of halogens is 2. The minimum absolute atomic E-state index is 0. The van der Waals surface area contributed by atoms with Gasteiger partial charge in [0.15, 0.2) is 0 Å². The van der Waals surface area contributed by atoms with E-state index in [9.17, 15) is 8.42 Å². The second kappa shape index (κ2) is 9.16. The molecule has 24 heavy (non-hydrogen) atoms. The van der Waals surface area contributed by atoms with Gasteiger partial charge in [-0.15, -0.1) is 23.7 Å². The summed E-state index contributed by atoms with van der Waals surface area (Å²) in [5.41, 5.74) is 0. The molecule has 5 nitrogen and oxygen atoms in total. The molecular weight excluding hydrogens is 389 g/mol. The number of nitrogens with one attached hydrogen (secondary N) is 1. The molecule has 0 saturated carbocycles. The monoisotopic (exact) mass is 413 g/mol. The molecule has 0 aliphatic carbocycles. The summed E-state index contributed by atoms with van der Waals surface area (Å²) in [6, 6.07) is 3.26. The van der Waals surface area contributed by atoms with Gasteiger partial charge >= 0.3 is 0 Å². The quantitative estimate of drug-likeness (QED) is 0.823. The van der Waals surface area contributed by atoms with Crippen LogP contribution in [0.25, 0.3) is 0 Å². The minimum atomic E-state index is -3.39. The van der Waals surface area contributed by atoms with Crippen molar-refractivity contribution >= 4 is 45.4 Å². The van der Waals surface area contributed by atoms with Gasteiger partial charge in [-0.05, 0) is 56.9 Å². The van der Waals surface area contributed by atoms with Crippen LogP contribution in [-0.2, 0) is 10.0 Å². The highest BCUT2D eigenvalue weighted by Gasteiger charge is 2.28. The van der Waals surface area contributed by atoms with E-state index in [4.69, 9.17) is 11.6 Å². The SMILES string of the molecule is Cl.O=S(=O)(c1ccc(Cl)s1)N1CCCN(CC2CCCNC2)CC1. The van der Waals surface area contributed by atoms with E-state index in [0.717, 1.165) is 50.5 Å². The van der Waals surface area contributed by atoms with Crippen LogP contribution >= 0.6 is 35.3 Å². The number of nitrogens with zero attached hydrogens (tertiary/aromatic N) is 2. The molecule has 138 valence electrons. The zero-order valence-corrected chi connectivity index (χ0v) is 16.8. The van der Waals surface area contributed by atoms with E-state index in [1.165, 1.54) is 12.8 Å². The molecule has 0 radical (unpaired) electrons. The third-order valence-electron chi connectivity index (χ3n) is 4.61. The molecule has 3 rings (SSSR count). The molecule has 0 aromatic carbocycles. The molecule has 0 amide bonds. The highest BCUT2D eigenvalue weighted by atomic mass is 35.5. The number of thiophene rings is 1. The molecule has 1 aromatic rings. The lowest BCUT2D eigenvalue weighted by Gasteiger charge is -2.29. The molecular formula is C15H25Cl2N3O2S2. The number of hydrogen-bond donors (Lipinski definition) is 1. The maximum absolute atomic E-state index is 12.7. The lowest BCUT2D eigenvalue weighted by molar-refractivity contribution is 0.216. The average molecular weight is 414 g/mol. The number of hydrogen-bond acceptors (Lipinski definition) is 5. The Bertz CT molecular complexity index is 618. The molecule has 3 heterocycles. The van der Waals surface area contributed by atoms with E-state index in [1.807, 2.05) is 0 Å². The fourth-order valence-corrected chi connectivity index (χ4v) is 6.49. The largest absolute Gasteiger partial charge is 0.316 e. The molecule has 1 aromatic heterocycles. The maximum atomic E-state index is 12.7. The van der Waals surface area contributed by atoms with Gasteiger partial charge in [0.2, 0.25) is 0 Å². The molecule has 1 N–H and O–H groups in total. The van der Waals surface area contributed by atoms with E-state index in [2.05, 4.69) is 10.2 Å². The summed E-state index contributed by atoms with van der Waals surface area (Å²) in [5.74, 6) is 0.697. The summed E-state index contributed by atoms with van der Waals surface area (Å²) in [6.45, 7) is 6.25. The Morgan fingerprint density at radius 3 is 2.71 bits per heavy atom. The van der Waals surface area contributed by atoms with E-state index < -0.39 is 10.0 Å². The van der Waals surface area contributed by atoms with Crippen LogP contribution in [0.15, 0.2) is 16.3 Å². The van der Waals surface area contributed by atoms with Gasteiger partial charge in [-0.1, -0.05) is 11.6 Å². The van der Waals surface area contributed by atoms with Crippen LogP contribution in [-0.4, -0.2) is 63.4 Å². The maximum Gasteiger partial charge on any atom is 0.252 e. The van der Waals surface area contributed by atoms with Gasteiger partial charge in [0.05, 0.1) is 4.34 Å². The van der Waals surface area contributed by atoms with Crippen molar-refractivity contribution < 1.29 is 8.42 Å². The standard InChI is InChI=1S/C15H24ClN3O2S2.ClH/c16-14-4-5-15(22-14)23(20,21)19-8-2-7-18(9-10-19)12-13-3-1-6-17-11-13;/h4-5,13,17H,1-3,6-12H2;1H. The van der Waals surface area contributed by atoms with Gasteiger partial charge in [0.1, 0.15) is 4.21 Å². The zero-order chi connectivity index (χ0) is 16.3. The van der Waals surface area contributed by atoms with Crippen molar-refractivity contribution in [2.75, 3.05) is 45.8 Å². The molecule has 2 fully saturated rings. The van der Waals surface area contributed by atoms with Crippen LogP contribution in [0.3, 0.4) is 0 Å². The smallest absolute Gasteiger partial charge is 0.252 e. The normalized spacial score (nSPS) is 24.3. The minimum Gasteiger partial charge on any atom is -0.316 e. The lowest BCUT2D eigenvalue weighted by atomic mass is 9.99. The predicted molar refractivity (Wildman–Crippen MR) is 102 cm³/mol.